The van der Waals surface area contributed by atoms with Gasteiger partial charge in [-0.1, -0.05) is 50.0 Å². The first-order chi connectivity index (χ1) is 9.76. The summed E-state index contributed by atoms with van der Waals surface area (Å²) < 4.78 is 0. The molecule has 1 aliphatic rings. The van der Waals surface area contributed by atoms with E-state index >= 15 is 0 Å². The quantitative estimate of drug-likeness (QED) is 0.748. The normalized spacial score (nSPS) is 26.9. The number of rotatable bonds is 3. The molecule has 1 aliphatic carbocycles. The second kappa shape index (κ2) is 6.48. The average Bonchev–Trinajstić information content (AvgIpc) is 2.42. The first-order valence-corrected chi connectivity index (χ1v) is 8.56. The van der Waals surface area contributed by atoms with Crippen LogP contribution in [0.3, 0.4) is 0 Å². The molecule has 0 amide bonds. The lowest BCUT2D eigenvalue weighted by atomic mass is 9.62. The van der Waals surface area contributed by atoms with Crippen LogP contribution in [0.2, 0.25) is 10.0 Å². The summed E-state index contributed by atoms with van der Waals surface area (Å²) >= 11 is 12.1. The molecular weight excluding hydrogens is 303 g/mol. The predicted octanol–water partition coefficient (Wildman–Crippen LogP) is 5.75. The van der Waals surface area contributed by atoms with E-state index in [4.69, 9.17) is 23.2 Å². The number of aliphatic hydroxyl groups is 1. The fraction of sp³-hybridized carbons (Fsp3) is 0.667. The number of hydrogen-bond acceptors (Lipinski definition) is 1. The third-order valence-corrected chi connectivity index (χ3v) is 5.91. The van der Waals surface area contributed by atoms with Gasteiger partial charge in [-0.2, -0.15) is 0 Å². The molecule has 0 bridgehead atoms. The van der Waals surface area contributed by atoms with Crippen molar-refractivity contribution in [3.8, 4) is 0 Å². The van der Waals surface area contributed by atoms with Gasteiger partial charge in [0.1, 0.15) is 0 Å². The van der Waals surface area contributed by atoms with Crippen LogP contribution in [0.4, 0.5) is 0 Å². The fourth-order valence-corrected chi connectivity index (χ4v) is 3.89. The van der Waals surface area contributed by atoms with Gasteiger partial charge >= 0.3 is 0 Å². The summed E-state index contributed by atoms with van der Waals surface area (Å²) in [6.45, 7) is 7.22. The number of aliphatic hydroxyl groups excluding tert-OH is 1. The maximum atomic E-state index is 9.96. The van der Waals surface area contributed by atoms with Crippen molar-refractivity contribution in [3.63, 3.8) is 0 Å². The predicted molar refractivity (Wildman–Crippen MR) is 91.1 cm³/mol. The monoisotopic (exact) mass is 328 g/mol. The van der Waals surface area contributed by atoms with Crippen molar-refractivity contribution in [2.75, 3.05) is 6.61 Å². The molecule has 118 valence electrons. The lowest BCUT2D eigenvalue weighted by Gasteiger charge is -2.43. The molecule has 1 aromatic carbocycles. The van der Waals surface area contributed by atoms with Gasteiger partial charge in [0.2, 0.25) is 0 Å². The molecule has 0 radical (unpaired) electrons. The highest BCUT2D eigenvalue weighted by Gasteiger charge is 2.38. The molecule has 0 spiro atoms. The minimum Gasteiger partial charge on any atom is -0.396 e. The maximum absolute atomic E-state index is 9.96. The third kappa shape index (κ3) is 4.15. The van der Waals surface area contributed by atoms with Crippen LogP contribution in [0.5, 0.6) is 0 Å². The van der Waals surface area contributed by atoms with Gasteiger partial charge in [0.15, 0.2) is 0 Å². The minimum atomic E-state index is 0.0128. The van der Waals surface area contributed by atoms with E-state index in [0.717, 1.165) is 25.2 Å². The molecule has 0 aromatic heterocycles. The number of benzene rings is 1. The Labute approximate surface area is 138 Å². The minimum absolute atomic E-state index is 0.0128. The van der Waals surface area contributed by atoms with Gasteiger partial charge in [0.25, 0.3) is 0 Å². The van der Waals surface area contributed by atoms with Crippen LogP contribution in [-0.2, 0) is 6.42 Å². The Balaban J connectivity index is 2.08. The largest absolute Gasteiger partial charge is 0.396 e. The second-order valence-corrected chi connectivity index (χ2v) is 8.54. The summed E-state index contributed by atoms with van der Waals surface area (Å²) in [6.07, 6.45) is 5.46. The standard InChI is InChI=1S/C18H26Cl2O/c1-17(2,3)14-6-8-18(12-21,9-7-14)11-13-4-5-15(19)16(20)10-13/h4-5,10,14,21H,6-9,11-12H2,1-3H3. The van der Waals surface area contributed by atoms with Crippen molar-refractivity contribution < 1.29 is 5.11 Å². The first kappa shape index (κ1) is 17.1. The molecule has 1 N–H and O–H groups in total. The Morgan fingerprint density at radius 3 is 2.24 bits per heavy atom. The summed E-state index contributed by atoms with van der Waals surface area (Å²) in [5, 5.41) is 11.2. The van der Waals surface area contributed by atoms with Crippen molar-refractivity contribution in [2.24, 2.45) is 16.7 Å². The van der Waals surface area contributed by atoms with Crippen molar-refractivity contribution in [1.82, 2.24) is 0 Å². The molecule has 0 unspecified atom stereocenters. The highest BCUT2D eigenvalue weighted by atomic mass is 35.5. The molecule has 3 heteroatoms. The van der Waals surface area contributed by atoms with Gasteiger partial charge in [-0.05, 0) is 66.5 Å². The Hall–Kier alpha value is -0.240. The zero-order valence-electron chi connectivity index (χ0n) is 13.3. The van der Waals surface area contributed by atoms with Crippen LogP contribution in [0.25, 0.3) is 0 Å². The highest BCUT2D eigenvalue weighted by Crippen LogP contribution is 2.46. The summed E-state index contributed by atoms with van der Waals surface area (Å²) in [5.74, 6) is 0.756. The van der Waals surface area contributed by atoms with Gasteiger partial charge in [0, 0.05) is 6.61 Å². The molecule has 1 saturated carbocycles. The summed E-state index contributed by atoms with van der Waals surface area (Å²) in [7, 11) is 0. The lowest BCUT2D eigenvalue weighted by Crippen LogP contribution is -2.36. The SMILES string of the molecule is CC(C)(C)C1CCC(CO)(Cc2ccc(Cl)c(Cl)c2)CC1. The number of halogens is 2. The lowest BCUT2D eigenvalue weighted by molar-refractivity contribution is 0.0369. The molecule has 21 heavy (non-hydrogen) atoms. The van der Waals surface area contributed by atoms with E-state index in [1.165, 1.54) is 18.4 Å². The van der Waals surface area contributed by atoms with Crippen molar-refractivity contribution in [3.05, 3.63) is 33.8 Å². The fourth-order valence-electron chi connectivity index (χ4n) is 3.57. The van der Waals surface area contributed by atoms with Crippen molar-refractivity contribution in [2.45, 2.75) is 52.9 Å². The van der Waals surface area contributed by atoms with E-state index < -0.39 is 0 Å². The Kier molecular flexibility index (Phi) is 5.28. The molecule has 0 heterocycles. The Bertz CT molecular complexity index is 482. The molecule has 0 aliphatic heterocycles. The number of hydrogen-bond donors (Lipinski definition) is 1. The van der Waals surface area contributed by atoms with Crippen molar-refractivity contribution in [1.29, 1.82) is 0 Å². The maximum Gasteiger partial charge on any atom is 0.0595 e. The van der Waals surface area contributed by atoms with E-state index in [0.29, 0.717) is 15.5 Å². The van der Waals surface area contributed by atoms with E-state index in [-0.39, 0.29) is 12.0 Å². The van der Waals surface area contributed by atoms with E-state index in [1.807, 2.05) is 18.2 Å². The first-order valence-electron chi connectivity index (χ1n) is 7.81. The summed E-state index contributed by atoms with van der Waals surface area (Å²) in [5.41, 5.74) is 1.55. The zero-order chi connectivity index (χ0) is 15.7. The zero-order valence-corrected chi connectivity index (χ0v) is 14.8. The molecule has 1 nitrogen and oxygen atoms in total. The van der Waals surface area contributed by atoms with Gasteiger partial charge < -0.3 is 5.11 Å². The van der Waals surface area contributed by atoms with Gasteiger partial charge in [0.05, 0.1) is 10.0 Å². The topological polar surface area (TPSA) is 20.2 Å². The van der Waals surface area contributed by atoms with Gasteiger partial charge in [-0.25, -0.2) is 0 Å². The molecule has 0 atom stereocenters. The molecule has 2 rings (SSSR count). The van der Waals surface area contributed by atoms with Crippen LogP contribution in [0, 0.1) is 16.7 Å². The van der Waals surface area contributed by atoms with Crippen LogP contribution in [0.1, 0.15) is 52.0 Å². The van der Waals surface area contributed by atoms with Crippen LogP contribution in [0.15, 0.2) is 18.2 Å². The average molecular weight is 329 g/mol. The van der Waals surface area contributed by atoms with Gasteiger partial charge in [-0.3, -0.25) is 0 Å². The Morgan fingerprint density at radius 2 is 1.76 bits per heavy atom. The highest BCUT2D eigenvalue weighted by molar-refractivity contribution is 6.42. The van der Waals surface area contributed by atoms with Crippen molar-refractivity contribution >= 4 is 23.2 Å². The Morgan fingerprint density at radius 1 is 1.14 bits per heavy atom. The molecule has 0 saturated heterocycles. The van der Waals surface area contributed by atoms with Crippen LogP contribution >= 0.6 is 23.2 Å². The van der Waals surface area contributed by atoms with E-state index in [9.17, 15) is 5.11 Å². The van der Waals surface area contributed by atoms with Crippen LogP contribution in [-0.4, -0.2) is 11.7 Å². The van der Waals surface area contributed by atoms with Crippen LogP contribution < -0.4 is 0 Å². The molecular formula is C18H26Cl2O. The second-order valence-electron chi connectivity index (χ2n) is 7.72. The van der Waals surface area contributed by atoms with E-state index in [2.05, 4.69) is 20.8 Å². The van der Waals surface area contributed by atoms with Gasteiger partial charge in [-0.15, -0.1) is 0 Å². The third-order valence-electron chi connectivity index (χ3n) is 5.17. The summed E-state index contributed by atoms with van der Waals surface area (Å²) in [6, 6.07) is 5.82. The van der Waals surface area contributed by atoms with E-state index in [1.54, 1.807) is 0 Å². The molecule has 1 aromatic rings. The molecule has 1 fully saturated rings. The smallest absolute Gasteiger partial charge is 0.0595 e. The summed E-state index contributed by atoms with van der Waals surface area (Å²) in [4.78, 5) is 0.